The average molecular weight is 481 g/mol. The van der Waals surface area contributed by atoms with E-state index in [-0.39, 0.29) is 48.3 Å². The molecule has 5 rings (SSSR count). The summed E-state index contributed by atoms with van der Waals surface area (Å²) in [6.07, 6.45) is 3.42. The van der Waals surface area contributed by atoms with Gasteiger partial charge in [-0.1, -0.05) is 36.6 Å². The second kappa shape index (κ2) is 8.87. The van der Waals surface area contributed by atoms with E-state index in [0.29, 0.717) is 16.4 Å². The van der Waals surface area contributed by atoms with Crippen molar-refractivity contribution in [2.24, 2.45) is 17.8 Å². The zero-order valence-electron chi connectivity index (χ0n) is 18.8. The summed E-state index contributed by atoms with van der Waals surface area (Å²) in [6, 6.07) is 11.8. The minimum absolute atomic E-state index is 0.0382. The lowest BCUT2D eigenvalue weighted by Crippen LogP contribution is -2.31. The molecule has 3 atom stereocenters. The van der Waals surface area contributed by atoms with Crippen LogP contribution in [0.5, 0.6) is 5.75 Å². The molecule has 0 radical (unpaired) electrons. The van der Waals surface area contributed by atoms with Crippen molar-refractivity contribution in [2.45, 2.75) is 39.0 Å². The SMILES string of the molecule is Cc1ccc(N2C[C@H](C(=O)Oc3cccc(N4C(=O)[C@H]5CCCC[C@@H]5C4=O)c3)CC2=O)cc1Cl. The molecule has 3 fully saturated rings. The Balaban J connectivity index is 1.29. The molecule has 7 nitrogen and oxygen atoms in total. The molecule has 3 amide bonds. The summed E-state index contributed by atoms with van der Waals surface area (Å²) < 4.78 is 5.57. The van der Waals surface area contributed by atoms with Gasteiger partial charge in [0, 0.05) is 29.7 Å². The van der Waals surface area contributed by atoms with Crippen LogP contribution >= 0.6 is 11.6 Å². The highest BCUT2D eigenvalue weighted by Crippen LogP contribution is 2.40. The summed E-state index contributed by atoms with van der Waals surface area (Å²) in [6.45, 7) is 2.08. The number of amides is 3. The first-order valence-corrected chi connectivity index (χ1v) is 12.0. The summed E-state index contributed by atoms with van der Waals surface area (Å²) in [5.41, 5.74) is 1.96. The minimum atomic E-state index is -0.630. The smallest absolute Gasteiger partial charge is 0.316 e. The topological polar surface area (TPSA) is 84.0 Å². The van der Waals surface area contributed by atoms with E-state index in [9.17, 15) is 19.2 Å². The van der Waals surface area contributed by atoms with Gasteiger partial charge in [-0.15, -0.1) is 0 Å². The lowest BCUT2D eigenvalue weighted by molar-refractivity contribution is -0.139. The Bertz CT molecular complexity index is 1170. The number of nitrogens with zero attached hydrogens (tertiary/aromatic N) is 2. The van der Waals surface area contributed by atoms with Crippen LogP contribution in [0.3, 0.4) is 0 Å². The third-order valence-electron chi connectivity index (χ3n) is 7.06. The predicted molar refractivity (Wildman–Crippen MR) is 127 cm³/mol. The zero-order chi connectivity index (χ0) is 24.0. The van der Waals surface area contributed by atoms with Crippen molar-refractivity contribution in [3.05, 3.63) is 53.1 Å². The lowest BCUT2D eigenvalue weighted by Gasteiger charge is -2.19. The Morgan fingerprint density at radius 2 is 1.68 bits per heavy atom. The summed E-state index contributed by atoms with van der Waals surface area (Å²) in [4.78, 5) is 54.0. The number of imide groups is 1. The second-order valence-electron chi connectivity index (χ2n) is 9.27. The average Bonchev–Trinajstić information content (AvgIpc) is 3.34. The van der Waals surface area contributed by atoms with Gasteiger partial charge >= 0.3 is 5.97 Å². The van der Waals surface area contributed by atoms with Crippen LogP contribution in [0, 0.1) is 24.7 Å². The summed E-state index contributed by atoms with van der Waals surface area (Å²) >= 11 is 6.19. The molecule has 1 aliphatic carbocycles. The number of benzene rings is 2. The van der Waals surface area contributed by atoms with Crippen molar-refractivity contribution >= 4 is 46.7 Å². The van der Waals surface area contributed by atoms with Gasteiger partial charge in [-0.3, -0.25) is 19.2 Å². The van der Waals surface area contributed by atoms with Gasteiger partial charge in [0.1, 0.15) is 5.75 Å². The normalized spacial score (nSPS) is 24.5. The fourth-order valence-corrected chi connectivity index (χ4v) is 5.34. The van der Waals surface area contributed by atoms with Crippen LogP contribution in [0.2, 0.25) is 5.02 Å². The quantitative estimate of drug-likeness (QED) is 0.370. The van der Waals surface area contributed by atoms with Crippen molar-refractivity contribution in [1.82, 2.24) is 0 Å². The molecule has 0 N–H and O–H groups in total. The molecule has 176 valence electrons. The van der Waals surface area contributed by atoms with E-state index in [1.54, 1.807) is 36.4 Å². The number of hydrogen-bond acceptors (Lipinski definition) is 5. The Hall–Kier alpha value is -3.19. The number of fused-ring (bicyclic) bond motifs is 1. The van der Waals surface area contributed by atoms with Crippen LogP contribution in [-0.4, -0.2) is 30.2 Å². The molecule has 2 saturated heterocycles. The first-order chi connectivity index (χ1) is 16.3. The predicted octanol–water partition coefficient (Wildman–Crippen LogP) is 4.29. The number of rotatable bonds is 4. The Kier molecular flexibility index (Phi) is 5.90. The molecular formula is C26H25ClN2O5. The van der Waals surface area contributed by atoms with Gasteiger partial charge in [0.05, 0.1) is 23.4 Å². The Morgan fingerprint density at radius 3 is 2.35 bits per heavy atom. The minimum Gasteiger partial charge on any atom is -0.426 e. The van der Waals surface area contributed by atoms with Crippen molar-refractivity contribution in [3.63, 3.8) is 0 Å². The maximum Gasteiger partial charge on any atom is 0.316 e. The molecule has 2 aromatic carbocycles. The Morgan fingerprint density at radius 1 is 0.971 bits per heavy atom. The lowest BCUT2D eigenvalue weighted by atomic mass is 9.81. The molecule has 1 saturated carbocycles. The van der Waals surface area contributed by atoms with Gasteiger partial charge in [0.2, 0.25) is 17.7 Å². The van der Waals surface area contributed by atoms with Gasteiger partial charge in [-0.05, 0) is 49.6 Å². The van der Waals surface area contributed by atoms with Crippen LogP contribution in [0.25, 0.3) is 0 Å². The van der Waals surface area contributed by atoms with Crippen LogP contribution in [-0.2, 0) is 19.2 Å². The number of anilines is 2. The first-order valence-electron chi connectivity index (χ1n) is 11.6. The standard InChI is InChI=1S/C26H25ClN2O5/c1-15-9-10-17(13-22(15)27)28-14-16(11-23(28)30)26(33)34-19-6-4-5-18(12-19)29-24(31)20-7-2-3-8-21(20)25(29)32/h4-6,9-10,12-13,16,20-21H,2-3,7-8,11,14H2,1H3/t16-,20+,21+/m1/s1. The van der Waals surface area contributed by atoms with E-state index in [1.165, 1.54) is 9.80 Å². The van der Waals surface area contributed by atoms with Gasteiger partial charge < -0.3 is 9.64 Å². The van der Waals surface area contributed by atoms with Crippen molar-refractivity contribution in [1.29, 1.82) is 0 Å². The van der Waals surface area contributed by atoms with Crippen LogP contribution in [0.1, 0.15) is 37.7 Å². The largest absolute Gasteiger partial charge is 0.426 e. The number of esters is 1. The number of aryl methyl sites for hydroxylation is 1. The molecule has 8 heteroatoms. The van der Waals surface area contributed by atoms with E-state index in [2.05, 4.69) is 0 Å². The summed E-state index contributed by atoms with van der Waals surface area (Å²) in [7, 11) is 0. The Labute approximate surface area is 202 Å². The molecular weight excluding hydrogens is 456 g/mol. The van der Waals surface area contributed by atoms with Crippen LogP contribution in [0.4, 0.5) is 11.4 Å². The van der Waals surface area contributed by atoms with E-state index in [1.807, 2.05) is 13.0 Å². The molecule has 2 aromatic rings. The van der Waals surface area contributed by atoms with Gasteiger partial charge in [-0.2, -0.15) is 0 Å². The molecule has 0 unspecified atom stereocenters. The molecule has 34 heavy (non-hydrogen) atoms. The highest BCUT2D eigenvalue weighted by molar-refractivity contribution is 6.31. The van der Waals surface area contributed by atoms with E-state index in [0.717, 1.165) is 31.2 Å². The second-order valence-corrected chi connectivity index (χ2v) is 9.67. The third kappa shape index (κ3) is 3.98. The highest BCUT2D eigenvalue weighted by atomic mass is 35.5. The van der Waals surface area contributed by atoms with E-state index in [4.69, 9.17) is 16.3 Å². The molecule has 3 aliphatic rings. The van der Waals surface area contributed by atoms with Crippen LogP contribution in [0.15, 0.2) is 42.5 Å². The molecule has 0 bridgehead atoms. The molecule has 0 spiro atoms. The maximum atomic E-state index is 12.9. The van der Waals surface area contributed by atoms with Crippen LogP contribution < -0.4 is 14.5 Å². The number of hydrogen-bond donors (Lipinski definition) is 0. The number of halogens is 1. The fraction of sp³-hybridized carbons (Fsp3) is 0.385. The summed E-state index contributed by atoms with van der Waals surface area (Å²) in [5.74, 6) is -1.95. The maximum absolute atomic E-state index is 12.9. The molecule has 0 aromatic heterocycles. The van der Waals surface area contributed by atoms with E-state index >= 15 is 0 Å². The van der Waals surface area contributed by atoms with Crippen molar-refractivity contribution in [2.75, 3.05) is 16.3 Å². The highest BCUT2D eigenvalue weighted by Gasteiger charge is 2.48. The first kappa shape index (κ1) is 22.6. The molecule has 2 heterocycles. The fourth-order valence-electron chi connectivity index (χ4n) is 5.17. The van der Waals surface area contributed by atoms with Crippen molar-refractivity contribution < 1.29 is 23.9 Å². The number of carbonyl (C=O) groups is 4. The van der Waals surface area contributed by atoms with Gasteiger partial charge in [0.25, 0.3) is 0 Å². The van der Waals surface area contributed by atoms with Gasteiger partial charge in [0.15, 0.2) is 0 Å². The third-order valence-corrected chi connectivity index (χ3v) is 7.47. The van der Waals surface area contributed by atoms with Crippen molar-refractivity contribution in [3.8, 4) is 5.75 Å². The summed E-state index contributed by atoms with van der Waals surface area (Å²) in [5, 5.41) is 0.555. The molecule has 2 aliphatic heterocycles. The number of carbonyl (C=O) groups excluding carboxylic acids is 4. The monoisotopic (exact) mass is 480 g/mol. The zero-order valence-corrected chi connectivity index (χ0v) is 19.6. The number of ether oxygens (including phenoxy) is 1. The van der Waals surface area contributed by atoms with E-state index < -0.39 is 11.9 Å². The van der Waals surface area contributed by atoms with Gasteiger partial charge in [-0.25, -0.2) is 4.90 Å².